The molecule has 0 aliphatic rings. The minimum atomic E-state index is -0.293. The van der Waals surface area contributed by atoms with E-state index in [2.05, 4.69) is 20.8 Å². The largest absolute Gasteiger partial charge is 0.497 e. The summed E-state index contributed by atoms with van der Waals surface area (Å²) in [5, 5.41) is 13.9. The number of methoxy groups -OCH3 is 1. The van der Waals surface area contributed by atoms with Crippen molar-refractivity contribution < 1.29 is 13.9 Å². The van der Waals surface area contributed by atoms with E-state index in [1.165, 1.54) is 5.56 Å². The molecule has 0 saturated carbocycles. The Kier molecular flexibility index (Phi) is 5.82. The van der Waals surface area contributed by atoms with Crippen LogP contribution in [-0.2, 0) is 13.0 Å². The highest BCUT2D eigenvalue weighted by Crippen LogP contribution is 2.12. The van der Waals surface area contributed by atoms with Gasteiger partial charge in [0.1, 0.15) is 17.3 Å². The van der Waals surface area contributed by atoms with Gasteiger partial charge < -0.3 is 19.8 Å². The Balaban J connectivity index is 1.45. The van der Waals surface area contributed by atoms with Gasteiger partial charge in [0.25, 0.3) is 5.91 Å². The summed E-state index contributed by atoms with van der Waals surface area (Å²) in [6.45, 7) is 1.03. The van der Waals surface area contributed by atoms with Gasteiger partial charge in [-0.3, -0.25) is 4.79 Å². The van der Waals surface area contributed by atoms with Crippen LogP contribution < -0.4 is 15.4 Å². The van der Waals surface area contributed by atoms with Crippen molar-refractivity contribution in [1.82, 2.24) is 15.5 Å². The van der Waals surface area contributed by atoms with Gasteiger partial charge in [0.15, 0.2) is 5.69 Å². The quantitative estimate of drug-likeness (QED) is 0.648. The second-order valence-electron chi connectivity index (χ2n) is 5.59. The van der Waals surface area contributed by atoms with E-state index in [9.17, 15) is 4.79 Å². The molecule has 0 unspecified atom stereocenters. The molecule has 2 aromatic heterocycles. The van der Waals surface area contributed by atoms with E-state index in [-0.39, 0.29) is 11.6 Å². The van der Waals surface area contributed by atoms with Crippen molar-refractivity contribution in [3.63, 3.8) is 0 Å². The molecule has 3 aromatic rings. The van der Waals surface area contributed by atoms with Gasteiger partial charge in [-0.25, -0.2) is 0 Å². The summed E-state index contributed by atoms with van der Waals surface area (Å²) in [7, 11) is 1.65. The molecular formula is C19H20N4O3. The first-order valence-electron chi connectivity index (χ1n) is 8.26. The maximum Gasteiger partial charge on any atom is 0.272 e. The first-order valence-corrected chi connectivity index (χ1v) is 8.26. The van der Waals surface area contributed by atoms with Gasteiger partial charge in [0.2, 0.25) is 0 Å². The van der Waals surface area contributed by atoms with Crippen LogP contribution in [0.25, 0.3) is 0 Å². The second-order valence-corrected chi connectivity index (χ2v) is 5.59. The summed E-state index contributed by atoms with van der Waals surface area (Å²) < 4.78 is 10.3. The van der Waals surface area contributed by atoms with Crippen LogP contribution in [0, 0.1) is 0 Å². The highest BCUT2D eigenvalue weighted by atomic mass is 16.5. The maximum atomic E-state index is 12.0. The summed E-state index contributed by atoms with van der Waals surface area (Å²) in [5.74, 6) is 1.86. The molecule has 0 aliphatic carbocycles. The Bertz CT molecular complexity index is 815. The van der Waals surface area contributed by atoms with Gasteiger partial charge >= 0.3 is 0 Å². The lowest BCUT2D eigenvalue weighted by Gasteiger charge is -2.07. The van der Waals surface area contributed by atoms with E-state index in [4.69, 9.17) is 9.15 Å². The summed E-state index contributed by atoms with van der Waals surface area (Å²) in [5.41, 5.74) is 1.46. The van der Waals surface area contributed by atoms with Crippen LogP contribution in [0.1, 0.15) is 21.8 Å². The SMILES string of the molecule is COc1ccc(CCNc2ccc(C(=O)NCc3ccco3)nn2)cc1. The average molecular weight is 352 g/mol. The molecule has 0 saturated heterocycles. The highest BCUT2D eigenvalue weighted by Gasteiger charge is 2.08. The van der Waals surface area contributed by atoms with Crippen molar-refractivity contribution in [2.45, 2.75) is 13.0 Å². The van der Waals surface area contributed by atoms with Crippen molar-refractivity contribution in [3.05, 3.63) is 71.8 Å². The van der Waals surface area contributed by atoms with Gasteiger partial charge in [0.05, 0.1) is 19.9 Å². The van der Waals surface area contributed by atoms with Crippen LogP contribution in [0.15, 0.2) is 59.2 Å². The van der Waals surface area contributed by atoms with Crippen LogP contribution in [0.4, 0.5) is 5.82 Å². The molecule has 2 N–H and O–H groups in total. The van der Waals surface area contributed by atoms with Crippen molar-refractivity contribution in [2.75, 3.05) is 19.0 Å². The third-order valence-corrected chi connectivity index (χ3v) is 3.78. The molecule has 2 heterocycles. The van der Waals surface area contributed by atoms with Crippen molar-refractivity contribution in [2.24, 2.45) is 0 Å². The first-order chi connectivity index (χ1) is 12.7. The fraction of sp³-hybridized carbons (Fsp3) is 0.211. The summed E-state index contributed by atoms with van der Waals surface area (Å²) in [4.78, 5) is 12.0. The Morgan fingerprint density at radius 3 is 2.62 bits per heavy atom. The molecule has 0 fully saturated rings. The number of anilines is 1. The molecule has 0 bridgehead atoms. The zero-order chi connectivity index (χ0) is 18.2. The third-order valence-electron chi connectivity index (χ3n) is 3.78. The van der Waals surface area contributed by atoms with E-state index in [0.717, 1.165) is 12.2 Å². The highest BCUT2D eigenvalue weighted by molar-refractivity contribution is 5.92. The summed E-state index contributed by atoms with van der Waals surface area (Å²) in [6, 6.07) is 14.9. The van der Waals surface area contributed by atoms with Crippen molar-refractivity contribution in [3.8, 4) is 5.75 Å². The number of rotatable bonds is 8. The molecule has 7 nitrogen and oxygen atoms in total. The zero-order valence-electron chi connectivity index (χ0n) is 14.4. The van der Waals surface area contributed by atoms with Gasteiger partial charge in [-0.05, 0) is 48.4 Å². The lowest BCUT2D eigenvalue weighted by atomic mass is 10.1. The van der Waals surface area contributed by atoms with Crippen LogP contribution in [0.3, 0.4) is 0 Å². The molecule has 1 amide bonds. The Morgan fingerprint density at radius 2 is 1.96 bits per heavy atom. The molecular weight excluding hydrogens is 332 g/mol. The fourth-order valence-corrected chi connectivity index (χ4v) is 2.35. The Hall–Kier alpha value is -3.35. The number of nitrogens with zero attached hydrogens (tertiary/aromatic N) is 2. The predicted molar refractivity (Wildman–Crippen MR) is 97.1 cm³/mol. The second kappa shape index (κ2) is 8.66. The maximum absolute atomic E-state index is 12.0. The number of furan rings is 1. The van der Waals surface area contributed by atoms with Gasteiger partial charge in [0, 0.05) is 6.54 Å². The first kappa shape index (κ1) is 17.5. The van der Waals surface area contributed by atoms with Gasteiger partial charge in [-0.15, -0.1) is 10.2 Å². The molecule has 3 rings (SSSR count). The molecule has 7 heteroatoms. The van der Waals surface area contributed by atoms with E-state index in [0.29, 0.717) is 24.7 Å². The lowest BCUT2D eigenvalue weighted by molar-refractivity contribution is 0.0942. The number of benzene rings is 1. The van der Waals surface area contributed by atoms with Crippen LogP contribution in [-0.4, -0.2) is 29.8 Å². The number of hydrogen-bond acceptors (Lipinski definition) is 6. The van der Waals surface area contributed by atoms with E-state index in [1.54, 1.807) is 37.6 Å². The smallest absolute Gasteiger partial charge is 0.272 e. The normalized spacial score (nSPS) is 10.3. The summed E-state index contributed by atoms with van der Waals surface area (Å²) in [6.07, 6.45) is 2.41. The van der Waals surface area contributed by atoms with Crippen LogP contribution >= 0.6 is 0 Å². The molecule has 0 aliphatic heterocycles. The Morgan fingerprint density at radius 1 is 1.12 bits per heavy atom. The van der Waals surface area contributed by atoms with Crippen LogP contribution in [0.2, 0.25) is 0 Å². The number of hydrogen-bond donors (Lipinski definition) is 2. The third kappa shape index (κ3) is 4.83. The lowest BCUT2D eigenvalue weighted by Crippen LogP contribution is -2.24. The van der Waals surface area contributed by atoms with Crippen molar-refractivity contribution in [1.29, 1.82) is 0 Å². The monoisotopic (exact) mass is 352 g/mol. The molecule has 0 spiro atoms. The average Bonchev–Trinajstić information content (AvgIpc) is 3.21. The number of aromatic nitrogens is 2. The van der Waals surface area contributed by atoms with E-state index in [1.807, 2.05) is 24.3 Å². The molecule has 0 atom stereocenters. The molecule has 0 radical (unpaired) electrons. The molecule has 26 heavy (non-hydrogen) atoms. The van der Waals surface area contributed by atoms with Crippen molar-refractivity contribution >= 4 is 11.7 Å². The van der Waals surface area contributed by atoms with E-state index < -0.39 is 0 Å². The Labute approximate surface area is 151 Å². The predicted octanol–water partition coefficient (Wildman–Crippen LogP) is 2.66. The summed E-state index contributed by atoms with van der Waals surface area (Å²) >= 11 is 0. The fourth-order valence-electron chi connectivity index (χ4n) is 2.35. The molecule has 134 valence electrons. The van der Waals surface area contributed by atoms with Crippen LogP contribution in [0.5, 0.6) is 5.75 Å². The zero-order valence-corrected chi connectivity index (χ0v) is 14.4. The number of carbonyl (C=O) groups excluding carboxylic acids is 1. The number of nitrogens with one attached hydrogen (secondary N) is 2. The number of ether oxygens (including phenoxy) is 1. The minimum absolute atomic E-state index is 0.261. The number of amides is 1. The topological polar surface area (TPSA) is 89.3 Å². The number of carbonyl (C=O) groups is 1. The van der Waals surface area contributed by atoms with E-state index >= 15 is 0 Å². The van der Waals surface area contributed by atoms with Gasteiger partial charge in [-0.2, -0.15) is 0 Å². The molecule has 1 aromatic carbocycles. The minimum Gasteiger partial charge on any atom is -0.497 e. The van der Waals surface area contributed by atoms with Gasteiger partial charge in [-0.1, -0.05) is 12.1 Å². The standard InChI is InChI=1S/C19H20N4O3/c1-25-15-6-4-14(5-7-15)10-11-20-18-9-8-17(22-23-18)19(24)21-13-16-3-2-12-26-16/h2-9,12H,10-11,13H2,1H3,(H,20,23)(H,21,24).